The molecule has 0 aromatic heterocycles. The molecule has 3 heteroatoms. The molecule has 0 aliphatic carbocycles. The number of benzene rings is 6. The maximum absolute atomic E-state index is 5.27. The smallest absolute Gasteiger partial charge is 0.129 e. The standard InChI is InChI=1S/C38H26N2S/c1-38-32-19-8-9-20-33(32)41-37(38)40-23-25(21-22-34(40)39-38)35-28-14-4-6-16-30(28)36(31-17-7-5-15-29(31)35)27-18-10-12-24-11-2-3-13-26(24)27/h2-23,37H,1H3. The van der Waals surface area contributed by atoms with E-state index in [-0.39, 0.29) is 10.9 Å². The number of allylic oxidation sites excluding steroid dienone is 2. The number of hydrogen-bond acceptors (Lipinski definition) is 3. The first-order valence-corrected chi connectivity index (χ1v) is 15.0. The minimum absolute atomic E-state index is 0.210. The van der Waals surface area contributed by atoms with Crippen LogP contribution in [0.15, 0.2) is 144 Å². The minimum Gasteiger partial charge on any atom is -0.317 e. The van der Waals surface area contributed by atoms with Crippen molar-refractivity contribution in [2.75, 3.05) is 0 Å². The van der Waals surface area contributed by atoms with Crippen molar-refractivity contribution in [3.8, 4) is 11.1 Å². The molecule has 194 valence electrons. The molecule has 3 aliphatic rings. The molecule has 0 fully saturated rings. The van der Waals surface area contributed by atoms with Crippen molar-refractivity contribution in [3.05, 3.63) is 145 Å². The van der Waals surface area contributed by atoms with Crippen LogP contribution in [-0.4, -0.2) is 16.1 Å². The van der Waals surface area contributed by atoms with Crippen LogP contribution in [0.4, 0.5) is 0 Å². The van der Waals surface area contributed by atoms with Gasteiger partial charge in [-0.05, 0) is 85.3 Å². The molecule has 0 saturated heterocycles. The molecule has 0 radical (unpaired) electrons. The Kier molecular flexibility index (Phi) is 4.77. The van der Waals surface area contributed by atoms with Gasteiger partial charge in [-0.15, -0.1) is 0 Å². The van der Waals surface area contributed by atoms with Gasteiger partial charge in [0.15, 0.2) is 0 Å². The number of nitrogens with zero attached hydrogens (tertiary/aromatic N) is 2. The Morgan fingerprint density at radius 2 is 1.24 bits per heavy atom. The summed E-state index contributed by atoms with van der Waals surface area (Å²) in [5, 5.41) is 7.86. The molecule has 41 heavy (non-hydrogen) atoms. The van der Waals surface area contributed by atoms with Gasteiger partial charge >= 0.3 is 0 Å². The van der Waals surface area contributed by atoms with Gasteiger partial charge in [-0.3, -0.25) is 4.99 Å². The Balaban J connectivity index is 1.29. The summed E-state index contributed by atoms with van der Waals surface area (Å²) in [6.07, 6.45) is 6.83. The first-order valence-electron chi connectivity index (χ1n) is 14.2. The molecular formula is C38H26N2S. The van der Waals surface area contributed by atoms with Gasteiger partial charge in [-0.25, -0.2) is 0 Å². The summed E-state index contributed by atoms with van der Waals surface area (Å²) in [5.74, 6) is 1.05. The third kappa shape index (κ3) is 3.18. The van der Waals surface area contributed by atoms with E-state index in [0.717, 1.165) is 5.84 Å². The van der Waals surface area contributed by atoms with E-state index in [1.165, 1.54) is 65.0 Å². The van der Waals surface area contributed by atoms with E-state index in [9.17, 15) is 0 Å². The van der Waals surface area contributed by atoms with Gasteiger partial charge in [0.2, 0.25) is 0 Å². The largest absolute Gasteiger partial charge is 0.317 e. The second-order valence-electron chi connectivity index (χ2n) is 11.3. The molecule has 0 spiro atoms. The second-order valence-corrected chi connectivity index (χ2v) is 12.4. The summed E-state index contributed by atoms with van der Waals surface area (Å²) >= 11 is 1.93. The molecule has 2 atom stereocenters. The predicted molar refractivity (Wildman–Crippen MR) is 174 cm³/mol. The molecule has 3 heterocycles. The fourth-order valence-corrected chi connectivity index (χ4v) is 8.64. The SMILES string of the molecule is CC12N=C3C=CC(c4c5ccccc5c(-c5cccc6ccccc56)c5ccccc45)=CN3C1Sc1ccccc12. The van der Waals surface area contributed by atoms with E-state index in [1.54, 1.807) is 0 Å². The molecule has 0 N–H and O–H groups in total. The van der Waals surface area contributed by atoms with E-state index in [4.69, 9.17) is 4.99 Å². The average Bonchev–Trinajstić information content (AvgIpc) is 3.47. The van der Waals surface area contributed by atoms with Gasteiger partial charge in [0, 0.05) is 11.1 Å². The fourth-order valence-electron chi connectivity index (χ4n) is 7.15. The highest BCUT2D eigenvalue weighted by Crippen LogP contribution is 2.55. The minimum atomic E-state index is -0.255. The normalized spacial score (nSPS) is 20.7. The van der Waals surface area contributed by atoms with Gasteiger partial charge in [0.25, 0.3) is 0 Å². The zero-order valence-electron chi connectivity index (χ0n) is 22.6. The van der Waals surface area contributed by atoms with Crippen molar-refractivity contribution in [1.29, 1.82) is 0 Å². The lowest BCUT2D eigenvalue weighted by Crippen LogP contribution is -2.35. The van der Waals surface area contributed by atoms with Gasteiger partial charge < -0.3 is 4.90 Å². The summed E-state index contributed by atoms with van der Waals surface area (Å²) in [7, 11) is 0. The van der Waals surface area contributed by atoms with Crippen LogP contribution in [0.25, 0.3) is 49.0 Å². The van der Waals surface area contributed by atoms with E-state index >= 15 is 0 Å². The second kappa shape index (κ2) is 8.45. The highest BCUT2D eigenvalue weighted by molar-refractivity contribution is 8.00. The topological polar surface area (TPSA) is 15.6 Å². The molecule has 0 bridgehead atoms. The lowest BCUT2D eigenvalue weighted by atomic mass is 9.84. The predicted octanol–water partition coefficient (Wildman–Crippen LogP) is 9.79. The average molecular weight is 543 g/mol. The van der Waals surface area contributed by atoms with Crippen molar-refractivity contribution in [2.24, 2.45) is 4.99 Å². The van der Waals surface area contributed by atoms with Crippen molar-refractivity contribution in [2.45, 2.75) is 22.7 Å². The maximum atomic E-state index is 5.27. The van der Waals surface area contributed by atoms with Crippen LogP contribution < -0.4 is 0 Å². The van der Waals surface area contributed by atoms with Crippen LogP contribution in [0.3, 0.4) is 0 Å². The summed E-state index contributed by atoms with van der Waals surface area (Å²) in [4.78, 5) is 9.01. The van der Waals surface area contributed by atoms with Crippen LogP contribution in [0.1, 0.15) is 18.1 Å². The lowest BCUT2D eigenvalue weighted by molar-refractivity contribution is 0.404. The summed E-state index contributed by atoms with van der Waals surface area (Å²) < 4.78 is 0. The third-order valence-electron chi connectivity index (χ3n) is 8.99. The lowest BCUT2D eigenvalue weighted by Gasteiger charge is -2.29. The van der Waals surface area contributed by atoms with Gasteiger partial charge in [-0.2, -0.15) is 0 Å². The zero-order valence-corrected chi connectivity index (χ0v) is 23.4. The van der Waals surface area contributed by atoms with Gasteiger partial charge in [-0.1, -0.05) is 121 Å². The molecule has 0 amide bonds. The first-order chi connectivity index (χ1) is 20.2. The van der Waals surface area contributed by atoms with Gasteiger partial charge in [0.05, 0.1) is 0 Å². The van der Waals surface area contributed by atoms with Crippen molar-refractivity contribution < 1.29 is 0 Å². The Morgan fingerprint density at radius 1 is 0.634 bits per heavy atom. The molecule has 6 aromatic carbocycles. The Morgan fingerprint density at radius 3 is 2.00 bits per heavy atom. The molecule has 0 saturated carbocycles. The molecule has 9 rings (SSSR count). The highest BCUT2D eigenvalue weighted by Gasteiger charge is 2.52. The van der Waals surface area contributed by atoms with Crippen molar-refractivity contribution in [1.82, 2.24) is 4.90 Å². The van der Waals surface area contributed by atoms with Crippen LogP contribution in [-0.2, 0) is 5.54 Å². The van der Waals surface area contributed by atoms with Crippen LogP contribution >= 0.6 is 11.8 Å². The fraction of sp³-hybridized carbons (Fsp3) is 0.0789. The highest BCUT2D eigenvalue weighted by atomic mass is 32.2. The molecule has 2 unspecified atom stereocenters. The van der Waals surface area contributed by atoms with Crippen molar-refractivity contribution in [3.63, 3.8) is 0 Å². The zero-order chi connectivity index (χ0) is 27.1. The molecule has 2 nitrogen and oxygen atoms in total. The third-order valence-corrected chi connectivity index (χ3v) is 10.5. The summed E-state index contributed by atoms with van der Waals surface area (Å²) in [6.45, 7) is 2.28. The van der Waals surface area contributed by atoms with Crippen LogP contribution in [0.2, 0.25) is 0 Å². The van der Waals surface area contributed by atoms with Gasteiger partial charge in [0.1, 0.15) is 16.7 Å². The monoisotopic (exact) mass is 542 g/mol. The van der Waals surface area contributed by atoms with E-state index in [0.29, 0.717) is 0 Å². The summed E-state index contributed by atoms with van der Waals surface area (Å²) in [5.41, 5.74) is 6.16. The molecule has 3 aliphatic heterocycles. The Labute approximate surface area is 243 Å². The molecule has 6 aromatic rings. The van der Waals surface area contributed by atoms with E-state index in [2.05, 4.69) is 145 Å². The van der Waals surface area contributed by atoms with Crippen molar-refractivity contribution >= 4 is 55.5 Å². The molecular weight excluding hydrogens is 516 g/mol. The number of hydrogen-bond donors (Lipinski definition) is 0. The van der Waals surface area contributed by atoms with E-state index < -0.39 is 0 Å². The van der Waals surface area contributed by atoms with E-state index in [1.807, 2.05) is 11.8 Å². The van der Waals surface area contributed by atoms with Crippen LogP contribution in [0, 0.1) is 0 Å². The first kappa shape index (κ1) is 23.1. The summed E-state index contributed by atoms with van der Waals surface area (Å²) in [6, 6.07) is 42.0. The number of amidine groups is 1. The maximum Gasteiger partial charge on any atom is 0.129 e. The number of thioether (sulfide) groups is 1. The number of fused-ring (bicyclic) bond motifs is 8. The Bertz CT molecular complexity index is 2110. The number of rotatable bonds is 2. The Hall–Kier alpha value is -4.60. The number of aliphatic imine (C=N–C) groups is 1. The quantitative estimate of drug-likeness (QED) is 0.202. The van der Waals surface area contributed by atoms with Crippen LogP contribution in [0.5, 0.6) is 0 Å².